The van der Waals surface area contributed by atoms with Crippen molar-refractivity contribution in [3.63, 3.8) is 0 Å². The first-order valence-corrected chi connectivity index (χ1v) is 11.9. The zero-order valence-corrected chi connectivity index (χ0v) is 18.6. The highest BCUT2D eigenvalue weighted by molar-refractivity contribution is 6.72. The molecular formula is C16H31N3O8Si. The van der Waals surface area contributed by atoms with Gasteiger partial charge in [-0.15, -0.1) is 0 Å². The summed E-state index contributed by atoms with van der Waals surface area (Å²) in [4.78, 5) is 19.5. The van der Waals surface area contributed by atoms with E-state index in [1.54, 1.807) is 13.8 Å². The van der Waals surface area contributed by atoms with Gasteiger partial charge in [0.1, 0.15) is 12.1 Å². The minimum Gasteiger partial charge on any atom is -0.467 e. The van der Waals surface area contributed by atoms with E-state index in [2.05, 4.69) is 14.9 Å². The average Bonchev–Trinajstić information content (AvgIpc) is 2.94. The fourth-order valence-electron chi connectivity index (χ4n) is 2.73. The average molecular weight is 422 g/mol. The summed E-state index contributed by atoms with van der Waals surface area (Å²) >= 11 is 0. The van der Waals surface area contributed by atoms with E-state index in [1.165, 1.54) is 14.2 Å². The molecule has 0 radical (unpaired) electrons. The SMILES string of the molecule is COC(=O)[C@H]1OC(C)(C)O[C@H]1[C@H](O[Si](C)(C)C(C)C)[C@H](N=[N+]=[N-])C(OC)OO. The first-order chi connectivity index (χ1) is 12.9. The third kappa shape index (κ3) is 5.88. The molecule has 11 nitrogen and oxygen atoms in total. The van der Waals surface area contributed by atoms with Crippen LogP contribution in [0.1, 0.15) is 27.7 Å². The van der Waals surface area contributed by atoms with E-state index in [1.807, 2.05) is 26.9 Å². The highest BCUT2D eigenvalue weighted by atomic mass is 28.4. The molecule has 12 heteroatoms. The number of azide groups is 1. The van der Waals surface area contributed by atoms with Gasteiger partial charge in [0.05, 0.1) is 13.2 Å². The van der Waals surface area contributed by atoms with Crippen LogP contribution in [0.15, 0.2) is 5.11 Å². The van der Waals surface area contributed by atoms with Gasteiger partial charge in [-0.2, -0.15) is 0 Å². The van der Waals surface area contributed by atoms with Crippen molar-refractivity contribution in [2.75, 3.05) is 14.2 Å². The molecule has 28 heavy (non-hydrogen) atoms. The summed E-state index contributed by atoms with van der Waals surface area (Å²) in [5.74, 6) is -1.77. The van der Waals surface area contributed by atoms with Crippen molar-refractivity contribution in [3.05, 3.63) is 10.4 Å². The van der Waals surface area contributed by atoms with Crippen LogP contribution in [0.2, 0.25) is 18.6 Å². The smallest absolute Gasteiger partial charge is 0.337 e. The number of esters is 1. The number of hydrogen-bond acceptors (Lipinski definition) is 9. The monoisotopic (exact) mass is 421 g/mol. The third-order valence-corrected chi connectivity index (χ3v) is 8.51. The molecule has 0 aromatic rings. The molecule has 5 atom stereocenters. The van der Waals surface area contributed by atoms with E-state index in [4.69, 9.17) is 28.9 Å². The maximum Gasteiger partial charge on any atom is 0.337 e. The van der Waals surface area contributed by atoms with Gasteiger partial charge in [-0.1, -0.05) is 19.0 Å². The van der Waals surface area contributed by atoms with Gasteiger partial charge in [-0.3, -0.25) is 0 Å². The second-order valence-corrected chi connectivity index (χ2v) is 12.4. The lowest BCUT2D eigenvalue weighted by molar-refractivity contribution is -0.350. The second kappa shape index (κ2) is 9.99. The summed E-state index contributed by atoms with van der Waals surface area (Å²) in [5.41, 5.74) is 9.24. The van der Waals surface area contributed by atoms with E-state index in [0.717, 1.165) is 0 Å². The molecule has 1 saturated heterocycles. The van der Waals surface area contributed by atoms with E-state index < -0.39 is 50.7 Å². The van der Waals surface area contributed by atoms with Crippen LogP contribution in [0.4, 0.5) is 0 Å². The Hall–Kier alpha value is -1.24. The van der Waals surface area contributed by atoms with Gasteiger partial charge in [-0.05, 0) is 38.0 Å². The molecule has 1 heterocycles. The van der Waals surface area contributed by atoms with Crippen molar-refractivity contribution in [2.45, 2.75) is 82.8 Å². The van der Waals surface area contributed by atoms with Gasteiger partial charge in [0.15, 0.2) is 20.2 Å². The summed E-state index contributed by atoms with van der Waals surface area (Å²) in [7, 11) is 0.148. The molecule has 0 aromatic carbocycles. The summed E-state index contributed by atoms with van der Waals surface area (Å²) in [5, 5.41) is 12.9. The van der Waals surface area contributed by atoms with Crippen LogP contribution in [0.25, 0.3) is 10.4 Å². The van der Waals surface area contributed by atoms with Gasteiger partial charge in [-0.25, -0.2) is 14.9 Å². The molecule has 0 aliphatic carbocycles. The van der Waals surface area contributed by atoms with Crippen molar-refractivity contribution in [1.82, 2.24) is 0 Å². The topological polar surface area (TPSA) is 141 Å². The van der Waals surface area contributed by atoms with Gasteiger partial charge in [0.2, 0.25) is 6.29 Å². The Morgan fingerprint density at radius 1 is 1.29 bits per heavy atom. The molecular weight excluding hydrogens is 390 g/mol. The highest BCUT2D eigenvalue weighted by Gasteiger charge is 2.54. The number of carbonyl (C=O) groups excluding carboxylic acids is 1. The van der Waals surface area contributed by atoms with Crippen molar-refractivity contribution in [2.24, 2.45) is 5.11 Å². The summed E-state index contributed by atoms with van der Waals surface area (Å²) in [6, 6.07) is -1.17. The molecule has 1 fully saturated rings. The largest absolute Gasteiger partial charge is 0.467 e. The fraction of sp³-hybridized carbons (Fsp3) is 0.938. The molecule has 0 saturated carbocycles. The Morgan fingerprint density at radius 2 is 1.89 bits per heavy atom. The minimum absolute atomic E-state index is 0.185. The summed E-state index contributed by atoms with van der Waals surface area (Å²) in [6.07, 6.45) is -4.47. The van der Waals surface area contributed by atoms with Crippen molar-refractivity contribution in [1.29, 1.82) is 0 Å². The van der Waals surface area contributed by atoms with E-state index in [-0.39, 0.29) is 5.54 Å². The number of methoxy groups -OCH3 is 2. The minimum atomic E-state index is -2.36. The van der Waals surface area contributed by atoms with E-state index in [9.17, 15) is 10.1 Å². The first-order valence-electron chi connectivity index (χ1n) is 8.92. The zero-order chi connectivity index (χ0) is 21.7. The molecule has 1 N–H and O–H groups in total. The van der Waals surface area contributed by atoms with Crippen LogP contribution in [-0.2, 0) is 33.1 Å². The number of rotatable bonds is 10. The van der Waals surface area contributed by atoms with Crippen LogP contribution in [-0.4, -0.2) is 70.2 Å². The highest BCUT2D eigenvalue weighted by Crippen LogP contribution is 2.36. The normalized spacial score (nSPS) is 25.1. The van der Waals surface area contributed by atoms with Crippen LogP contribution in [0, 0.1) is 0 Å². The zero-order valence-electron chi connectivity index (χ0n) is 17.6. The Balaban J connectivity index is 3.46. The maximum atomic E-state index is 12.3. The maximum absolute atomic E-state index is 12.3. The van der Waals surface area contributed by atoms with Crippen molar-refractivity contribution >= 4 is 14.3 Å². The molecule has 0 amide bonds. The second-order valence-electron chi connectivity index (χ2n) is 7.79. The van der Waals surface area contributed by atoms with Gasteiger partial charge in [0.25, 0.3) is 0 Å². The molecule has 1 unspecified atom stereocenters. The Kier molecular flexibility index (Phi) is 8.84. The number of carbonyl (C=O) groups is 1. The first kappa shape index (κ1) is 24.8. The molecule has 0 spiro atoms. The Bertz CT molecular complexity index is 578. The lowest BCUT2D eigenvalue weighted by Gasteiger charge is -2.39. The van der Waals surface area contributed by atoms with E-state index >= 15 is 0 Å². The predicted molar refractivity (Wildman–Crippen MR) is 101 cm³/mol. The molecule has 1 aliphatic rings. The van der Waals surface area contributed by atoms with Crippen LogP contribution in [0.5, 0.6) is 0 Å². The summed E-state index contributed by atoms with van der Waals surface area (Å²) in [6.45, 7) is 11.3. The number of ether oxygens (including phenoxy) is 4. The number of nitrogens with zero attached hydrogens (tertiary/aromatic N) is 3. The van der Waals surface area contributed by atoms with Crippen molar-refractivity contribution in [3.8, 4) is 0 Å². The summed E-state index contributed by atoms with van der Waals surface area (Å²) < 4.78 is 28.0. The van der Waals surface area contributed by atoms with Crippen LogP contribution >= 0.6 is 0 Å². The van der Waals surface area contributed by atoms with Crippen LogP contribution < -0.4 is 0 Å². The fourth-order valence-corrected chi connectivity index (χ4v) is 3.97. The number of hydrogen-bond donors (Lipinski definition) is 1. The molecule has 0 bridgehead atoms. The molecule has 1 aliphatic heterocycles. The Labute approximate surface area is 165 Å². The molecule has 162 valence electrons. The molecule has 1 rings (SSSR count). The lowest BCUT2D eigenvalue weighted by atomic mass is 10.0. The van der Waals surface area contributed by atoms with E-state index in [0.29, 0.717) is 0 Å². The predicted octanol–water partition coefficient (Wildman–Crippen LogP) is 2.82. The van der Waals surface area contributed by atoms with Gasteiger partial charge >= 0.3 is 5.97 Å². The quantitative estimate of drug-likeness (QED) is 0.0829. The Morgan fingerprint density at radius 3 is 2.32 bits per heavy atom. The van der Waals surface area contributed by atoms with Crippen LogP contribution in [0.3, 0.4) is 0 Å². The lowest BCUT2D eigenvalue weighted by Crippen LogP contribution is -2.55. The standard InChI is InChI=1S/C16H31N3O8Si/c1-9(2)28(7,8)27-11(10(18-19-17)15(23-6)26-21)12-13(14(20)22-5)25-16(3,4)24-12/h9-13,15,21H,1-8H3/t10-,11+,12-,13-,15?/m0/s1. The molecule has 0 aromatic heterocycles. The third-order valence-electron chi connectivity index (χ3n) is 4.85. The van der Waals surface area contributed by atoms with Crippen molar-refractivity contribution < 1.29 is 38.3 Å². The van der Waals surface area contributed by atoms with Gasteiger partial charge in [0, 0.05) is 12.0 Å². The van der Waals surface area contributed by atoms with Gasteiger partial charge < -0.3 is 23.4 Å².